The summed E-state index contributed by atoms with van der Waals surface area (Å²) < 4.78 is 0. The largest absolute Gasteiger partial charge is 0.260 e. The molecule has 92 valence electrons. The van der Waals surface area contributed by atoms with E-state index in [2.05, 4.69) is 45.7 Å². The van der Waals surface area contributed by atoms with Crippen LogP contribution in [0.15, 0.2) is 12.3 Å². The van der Waals surface area contributed by atoms with Crippen LogP contribution >= 0.6 is 0 Å². The van der Waals surface area contributed by atoms with Crippen LogP contribution in [0.4, 0.5) is 0 Å². The molecule has 0 amide bonds. The van der Waals surface area contributed by atoms with E-state index in [4.69, 9.17) is 0 Å². The van der Waals surface area contributed by atoms with Crippen molar-refractivity contribution in [1.29, 1.82) is 0 Å². The first-order valence-electron chi connectivity index (χ1n) is 6.55. The zero-order chi connectivity index (χ0) is 13.0. The Bertz CT molecular complexity index is 666. The molecule has 0 fully saturated rings. The molecule has 1 aromatic heterocycles. The van der Waals surface area contributed by atoms with Gasteiger partial charge >= 0.3 is 0 Å². The Morgan fingerprint density at radius 1 is 0.833 bits per heavy atom. The lowest BCUT2D eigenvalue weighted by Gasteiger charge is -2.14. The molecule has 0 bridgehead atoms. The van der Waals surface area contributed by atoms with Gasteiger partial charge in [-0.25, -0.2) is 0 Å². The fourth-order valence-corrected chi connectivity index (χ4v) is 3.05. The van der Waals surface area contributed by atoms with Gasteiger partial charge in [-0.3, -0.25) is 4.98 Å². The Hall–Kier alpha value is -1.63. The summed E-state index contributed by atoms with van der Waals surface area (Å²) in [5, 5.41) is 0. The zero-order valence-corrected chi connectivity index (χ0v) is 11.8. The molecule has 1 nitrogen and oxygen atoms in total. The van der Waals surface area contributed by atoms with Crippen molar-refractivity contribution >= 4 is 0 Å². The molecule has 0 radical (unpaired) electrons. The van der Waals surface area contributed by atoms with Crippen LogP contribution in [0.2, 0.25) is 0 Å². The van der Waals surface area contributed by atoms with Crippen molar-refractivity contribution in [3.05, 3.63) is 51.3 Å². The summed E-state index contributed by atoms with van der Waals surface area (Å²) in [4.78, 5) is 4.63. The van der Waals surface area contributed by atoms with Gasteiger partial charge in [0.1, 0.15) is 0 Å². The maximum Gasteiger partial charge on any atom is 0.0528 e. The molecule has 0 N–H and O–H groups in total. The molecular weight excluding hydrogens is 218 g/mol. The number of pyridine rings is 1. The van der Waals surface area contributed by atoms with Crippen LogP contribution in [0.5, 0.6) is 0 Å². The highest BCUT2D eigenvalue weighted by molar-refractivity contribution is 5.82. The van der Waals surface area contributed by atoms with E-state index < -0.39 is 0 Å². The van der Waals surface area contributed by atoms with E-state index >= 15 is 0 Å². The van der Waals surface area contributed by atoms with Crippen molar-refractivity contribution in [2.75, 3.05) is 0 Å². The molecule has 1 heteroatoms. The van der Waals surface area contributed by atoms with Crippen molar-refractivity contribution in [3.63, 3.8) is 0 Å². The minimum absolute atomic E-state index is 0.994. The van der Waals surface area contributed by atoms with E-state index in [1.54, 1.807) is 0 Å². The molecule has 0 aliphatic heterocycles. The molecule has 1 aromatic carbocycles. The average Bonchev–Trinajstić information content (AvgIpc) is 2.70. The number of hydrogen-bond acceptors (Lipinski definition) is 1. The molecule has 0 saturated heterocycles. The Morgan fingerprint density at radius 3 is 2.28 bits per heavy atom. The van der Waals surface area contributed by atoms with Gasteiger partial charge in [-0.2, -0.15) is 0 Å². The summed E-state index contributed by atoms with van der Waals surface area (Å²) in [5.74, 6) is 0. The second-order valence-electron chi connectivity index (χ2n) is 5.54. The van der Waals surface area contributed by atoms with Crippen LogP contribution < -0.4 is 0 Å². The number of aryl methyl sites for hydroxylation is 2. The van der Waals surface area contributed by atoms with E-state index in [1.807, 2.05) is 6.20 Å². The third-order valence-corrected chi connectivity index (χ3v) is 4.52. The van der Waals surface area contributed by atoms with Gasteiger partial charge in [0.25, 0.3) is 0 Å². The van der Waals surface area contributed by atoms with E-state index in [9.17, 15) is 0 Å². The molecular formula is C17H19N. The number of aromatic nitrogens is 1. The molecule has 0 saturated carbocycles. The van der Waals surface area contributed by atoms with Crippen molar-refractivity contribution in [2.24, 2.45) is 0 Å². The fraction of sp³-hybridized carbons (Fsp3) is 0.353. The Morgan fingerprint density at radius 2 is 1.56 bits per heavy atom. The second kappa shape index (κ2) is 3.68. The number of rotatable bonds is 0. The van der Waals surface area contributed by atoms with E-state index in [1.165, 1.54) is 50.2 Å². The molecule has 18 heavy (non-hydrogen) atoms. The van der Waals surface area contributed by atoms with E-state index in [0.717, 1.165) is 6.42 Å². The third kappa shape index (κ3) is 1.37. The summed E-state index contributed by atoms with van der Waals surface area (Å²) in [5.41, 5.74) is 12.5. The molecule has 2 aromatic rings. The van der Waals surface area contributed by atoms with Crippen molar-refractivity contribution in [3.8, 4) is 11.1 Å². The lowest BCUT2D eigenvalue weighted by molar-refractivity contribution is 1.09. The smallest absolute Gasteiger partial charge is 0.0528 e. The maximum absolute atomic E-state index is 4.63. The summed E-state index contributed by atoms with van der Waals surface area (Å²) in [6, 6.07) is 2.34. The monoisotopic (exact) mass is 237 g/mol. The van der Waals surface area contributed by atoms with Crippen LogP contribution in [-0.4, -0.2) is 4.98 Å². The predicted octanol–water partition coefficient (Wildman–Crippen LogP) is 4.19. The first kappa shape index (κ1) is 11.5. The van der Waals surface area contributed by atoms with Crippen LogP contribution in [0.1, 0.15) is 39.1 Å². The first-order chi connectivity index (χ1) is 8.50. The first-order valence-corrected chi connectivity index (χ1v) is 6.55. The van der Waals surface area contributed by atoms with Crippen molar-refractivity contribution < 1.29 is 0 Å². The molecule has 3 rings (SSSR count). The maximum atomic E-state index is 4.63. The van der Waals surface area contributed by atoms with Crippen LogP contribution in [0.25, 0.3) is 11.1 Å². The molecule has 1 heterocycles. The topological polar surface area (TPSA) is 12.9 Å². The number of fused-ring (bicyclic) bond motifs is 3. The third-order valence-electron chi connectivity index (χ3n) is 4.52. The summed E-state index contributed by atoms with van der Waals surface area (Å²) in [6.45, 7) is 11.0. The average molecular weight is 237 g/mol. The summed E-state index contributed by atoms with van der Waals surface area (Å²) in [7, 11) is 0. The number of nitrogens with zero attached hydrogens (tertiary/aromatic N) is 1. The highest BCUT2D eigenvalue weighted by Crippen LogP contribution is 2.42. The van der Waals surface area contributed by atoms with Gasteiger partial charge in [-0.1, -0.05) is 6.07 Å². The van der Waals surface area contributed by atoms with Crippen LogP contribution in [0, 0.1) is 34.6 Å². The Kier molecular flexibility index (Phi) is 2.34. The highest BCUT2D eigenvalue weighted by Gasteiger charge is 2.25. The van der Waals surface area contributed by atoms with E-state index in [0.29, 0.717) is 0 Å². The van der Waals surface area contributed by atoms with Crippen LogP contribution in [-0.2, 0) is 6.42 Å². The van der Waals surface area contributed by atoms with Crippen molar-refractivity contribution in [2.45, 2.75) is 41.0 Å². The molecule has 0 atom stereocenters. The number of hydrogen-bond donors (Lipinski definition) is 0. The minimum Gasteiger partial charge on any atom is -0.260 e. The highest BCUT2D eigenvalue weighted by atomic mass is 14.7. The van der Waals surface area contributed by atoms with Gasteiger partial charge in [0.15, 0.2) is 0 Å². The van der Waals surface area contributed by atoms with Gasteiger partial charge in [0.05, 0.1) is 5.69 Å². The Balaban J connectivity index is 2.40. The second-order valence-corrected chi connectivity index (χ2v) is 5.54. The van der Waals surface area contributed by atoms with Gasteiger partial charge in [0, 0.05) is 18.2 Å². The Labute approximate surface area is 109 Å². The molecule has 0 spiro atoms. The van der Waals surface area contributed by atoms with Gasteiger partial charge in [0.2, 0.25) is 0 Å². The molecule has 1 aliphatic rings. The van der Waals surface area contributed by atoms with E-state index in [-0.39, 0.29) is 0 Å². The molecule has 1 aliphatic carbocycles. The lowest BCUT2D eigenvalue weighted by Crippen LogP contribution is -1.95. The molecule has 0 unspecified atom stereocenters. The van der Waals surface area contributed by atoms with Crippen LogP contribution in [0.3, 0.4) is 0 Å². The zero-order valence-electron chi connectivity index (χ0n) is 11.8. The lowest BCUT2D eigenvalue weighted by atomic mass is 9.91. The van der Waals surface area contributed by atoms with Gasteiger partial charge < -0.3 is 0 Å². The normalized spacial score (nSPS) is 12.5. The van der Waals surface area contributed by atoms with Crippen molar-refractivity contribution in [1.82, 2.24) is 4.98 Å². The minimum atomic E-state index is 0.994. The fourth-order valence-electron chi connectivity index (χ4n) is 3.05. The summed E-state index contributed by atoms with van der Waals surface area (Å²) in [6.07, 6.45) is 3.00. The standard InChI is InChI=1S/C17H19N/c1-9-6-14-7-15-17(12(4)10(2)8-18-15)16(14)13(5)11(9)3/h6,8H,7H2,1-5H3. The summed E-state index contributed by atoms with van der Waals surface area (Å²) >= 11 is 0. The quantitative estimate of drug-likeness (QED) is 0.571. The predicted molar refractivity (Wildman–Crippen MR) is 76.2 cm³/mol. The van der Waals surface area contributed by atoms with Gasteiger partial charge in [-0.05, 0) is 73.6 Å². The SMILES string of the molecule is Cc1cc2c(c(C)c1C)-c1c(ncc(C)c1C)C2. The van der Waals surface area contributed by atoms with Gasteiger partial charge in [-0.15, -0.1) is 0 Å². The number of benzene rings is 1.